The first-order chi connectivity index (χ1) is 15.0. The molecule has 2 heterocycles. The number of nitrogens with two attached hydrogens (primary N) is 1. The molecule has 1 saturated heterocycles. The smallest absolute Gasteiger partial charge is 0.235 e. The van der Waals surface area contributed by atoms with Crippen molar-refractivity contribution in [3.05, 3.63) is 52.6 Å². The maximum absolute atomic E-state index is 12.2. The highest BCUT2D eigenvalue weighted by Crippen LogP contribution is 2.39. The minimum Gasteiger partial charge on any atom is -0.368 e. The molecule has 0 aliphatic carbocycles. The second kappa shape index (κ2) is 9.96. The van der Waals surface area contributed by atoms with E-state index in [2.05, 4.69) is 22.4 Å². The first-order valence-corrected chi connectivity index (χ1v) is 10.8. The fourth-order valence-corrected chi connectivity index (χ4v) is 4.56. The molecule has 0 bridgehead atoms. The maximum atomic E-state index is 12.2. The Bertz CT molecular complexity index is 1070. The number of amides is 2. The Morgan fingerprint density at radius 3 is 2.58 bits per heavy atom. The summed E-state index contributed by atoms with van der Waals surface area (Å²) in [5, 5.41) is 22.1. The number of hydrogen-bond donors (Lipinski definition) is 2. The van der Waals surface area contributed by atoms with Gasteiger partial charge in [-0.1, -0.05) is 49.0 Å². The Morgan fingerprint density at radius 1 is 1.26 bits per heavy atom. The molecule has 1 aliphatic rings. The highest BCUT2D eigenvalue weighted by atomic mass is 32.2. The topological polar surface area (TPSA) is 136 Å². The van der Waals surface area contributed by atoms with Crippen LogP contribution in [0.4, 0.5) is 5.82 Å². The zero-order valence-electron chi connectivity index (χ0n) is 17.1. The van der Waals surface area contributed by atoms with E-state index < -0.39 is 11.2 Å². The lowest BCUT2D eigenvalue weighted by atomic mass is 10.0. The van der Waals surface area contributed by atoms with Crippen LogP contribution >= 0.6 is 11.8 Å². The molecule has 0 radical (unpaired) electrons. The SMILES string of the molecule is CCc1c(C#N)c(SC(C(N)=O)c2ccccc2)nc(N2CCNC(=O)CC2)c1C#N. The van der Waals surface area contributed by atoms with Gasteiger partial charge in [0.1, 0.15) is 28.2 Å². The highest BCUT2D eigenvalue weighted by Gasteiger charge is 2.28. The van der Waals surface area contributed by atoms with Gasteiger partial charge in [-0.3, -0.25) is 9.59 Å². The number of aromatic nitrogens is 1. The van der Waals surface area contributed by atoms with Crippen LogP contribution in [0.1, 0.15) is 40.8 Å². The Kier molecular flexibility index (Phi) is 7.11. The molecule has 2 amide bonds. The van der Waals surface area contributed by atoms with Crippen LogP contribution in [0.15, 0.2) is 35.4 Å². The number of nitrogens with one attached hydrogen (secondary N) is 1. The van der Waals surface area contributed by atoms with Crippen LogP contribution < -0.4 is 16.0 Å². The molecule has 3 rings (SSSR count). The summed E-state index contributed by atoms with van der Waals surface area (Å²) in [7, 11) is 0. The molecule has 31 heavy (non-hydrogen) atoms. The van der Waals surface area contributed by atoms with Crippen LogP contribution in [0.25, 0.3) is 0 Å². The van der Waals surface area contributed by atoms with Gasteiger partial charge < -0.3 is 16.0 Å². The fraction of sp³-hybridized carbons (Fsp3) is 0.318. The number of nitrogens with zero attached hydrogens (tertiary/aromatic N) is 4. The number of nitriles is 2. The highest BCUT2D eigenvalue weighted by molar-refractivity contribution is 8.00. The molecule has 9 heteroatoms. The molecule has 1 aromatic carbocycles. The number of benzene rings is 1. The van der Waals surface area contributed by atoms with Crippen molar-refractivity contribution < 1.29 is 9.59 Å². The molecule has 1 aromatic heterocycles. The summed E-state index contributed by atoms with van der Waals surface area (Å²) in [5.41, 5.74) is 7.56. The first kappa shape index (κ1) is 22.1. The van der Waals surface area contributed by atoms with Crippen LogP contribution in [0, 0.1) is 22.7 Å². The van der Waals surface area contributed by atoms with Crippen molar-refractivity contribution in [3.8, 4) is 12.1 Å². The molecule has 0 saturated carbocycles. The van der Waals surface area contributed by atoms with Crippen LogP contribution in [0.3, 0.4) is 0 Å². The molecular formula is C22H22N6O2S. The number of carbonyl (C=O) groups excluding carboxylic acids is 2. The van der Waals surface area contributed by atoms with Gasteiger partial charge in [-0.15, -0.1) is 0 Å². The van der Waals surface area contributed by atoms with Crippen molar-refractivity contribution in [2.24, 2.45) is 5.73 Å². The Hall–Kier alpha value is -3.56. The Balaban J connectivity index is 2.13. The molecule has 0 spiro atoms. The number of hydrogen-bond acceptors (Lipinski definition) is 7. The lowest BCUT2D eigenvalue weighted by Gasteiger charge is -2.25. The minimum atomic E-state index is -0.737. The third-order valence-corrected chi connectivity index (χ3v) is 6.29. The number of rotatable bonds is 6. The molecule has 1 unspecified atom stereocenters. The predicted octanol–water partition coefficient (Wildman–Crippen LogP) is 2.03. The van der Waals surface area contributed by atoms with E-state index in [0.29, 0.717) is 53.6 Å². The summed E-state index contributed by atoms with van der Waals surface area (Å²) < 4.78 is 0. The van der Waals surface area contributed by atoms with Gasteiger partial charge in [0.05, 0.1) is 11.1 Å². The molecule has 1 aliphatic heterocycles. The molecule has 8 nitrogen and oxygen atoms in total. The van der Waals surface area contributed by atoms with Gasteiger partial charge >= 0.3 is 0 Å². The van der Waals surface area contributed by atoms with E-state index in [1.807, 2.05) is 30.0 Å². The normalized spacial score (nSPS) is 14.7. The zero-order valence-corrected chi connectivity index (χ0v) is 17.9. The number of anilines is 1. The van der Waals surface area contributed by atoms with Crippen molar-refractivity contribution in [2.75, 3.05) is 24.5 Å². The minimum absolute atomic E-state index is 0.0576. The third kappa shape index (κ3) is 4.79. The Morgan fingerprint density at radius 2 is 1.97 bits per heavy atom. The van der Waals surface area contributed by atoms with Crippen molar-refractivity contribution >= 4 is 29.4 Å². The second-order valence-electron chi connectivity index (χ2n) is 6.94. The standard InChI is InChI=1S/C22H22N6O2S/c1-2-15-16(12-23)21(28-10-8-18(29)26-9-11-28)27-22(17(15)13-24)31-19(20(25)30)14-6-4-3-5-7-14/h3-7,19H,2,8-11H2,1H3,(H2,25,30)(H,26,29). The van der Waals surface area contributed by atoms with Crippen LogP contribution in [0.2, 0.25) is 0 Å². The van der Waals surface area contributed by atoms with Crippen LogP contribution in [0.5, 0.6) is 0 Å². The van der Waals surface area contributed by atoms with E-state index in [0.717, 1.165) is 11.8 Å². The lowest BCUT2D eigenvalue weighted by molar-refractivity contribution is -0.120. The number of carbonyl (C=O) groups is 2. The molecule has 3 N–H and O–H groups in total. The number of primary amides is 1. The summed E-state index contributed by atoms with van der Waals surface area (Å²) >= 11 is 1.11. The average molecular weight is 435 g/mol. The van der Waals surface area contributed by atoms with E-state index in [4.69, 9.17) is 5.73 Å². The summed E-state index contributed by atoms with van der Waals surface area (Å²) in [6, 6.07) is 13.4. The van der Waals surface area contributed by atoms with Gasteiger partial charge in [-0.25, -0.2) is 4.98 Å². The largest absolute Gasteiger partial charge is 0.368 e. The summed E-state index contributed by atoms with van der Waals surface area (Å²) in [6.07, 6.45) is 0.733. The number of pyridine rings is 1. The summed E-state index contributed by atoms with van der Waals surface area (Å²) in [4.78, 5) is 30.5. The third-order valence-electron chi connectivity index (χ3n) is 5.03. The van der Waals surface area contributed by atoms with Crippen LogP contribution in [-0.2, 0) is 16.0 Å². The van der Waals surface area contributed by atoms with Gasteiger partial charge in [-0.2, -0.15) is 10.5 Å². The van der Waals surface area contributed by atoms with Gasteiger partial charge in [-0.05, 0) is 17.5 Å². The molecule has 1 atom stereocenters. The Labute approximate surface area is 185 Å². The first-order valence-electron chi connectivity index (χ1n) is 9.89. The molecule has 2 aromatic rings. The van der Waals surface area contributed by atoms with Crippen LogP contribution in [-0.4, -0.2) is 36.4 Å². The maximum Gasteiger partial charge on any atom is 0.235 e. The van der Waals surface area contributed by atoms with E-state index in [1.165, 1.54) is 0 Å². The van der Waals surface area contributed by atoms with E-state index in [1.54, 1.807) is 12.1 Å². The molecular weight excluding hydrogens is 412 g/mol. The van der Waals surface area contributed by atoms with Crippen molar-refractivity contribution in [3.63, 3.8) is 0 Å². The van der Waals surface area contributed by atoms with E-state index in [-0.39, 0.29) is 17.9 Å². The summed E-state index contributed by atoms with van der Waals surface area (Å²) in [5.74, 6) is -0.179. The molecule has 158 valence electrons. The van der Waals surface area contributed by atoms with Crippen molar-refractivity contribution in [1.29, 1.82) is 10.5 Å². The predicted molar refractivity (Wildman–Crippen MR) is 117 cm³/mol. The lowest BCUT2D eigenvalue weighted by Crippen LogP contribution is -2.30. The van der Waals surface area contributed by atoms with Gasteiger partial charge in [0, 0.05) is 26.1 Å². The fourth-order valence-electron chi connectivity index (χ4n) is 3.51. The van der Waals surface area contributed by atoms with Crippen molar-refractivity contribution in [2.45, 2.75) is 30.0 Å². The van der Waals surface area contributed by atoms with Gasteiger partial charge in [0.15, 0.2) is 0 Å². The average Bonchev–Trinajstić information content (AvgIpc) is 3.00. The quantitative estimate of drug-likeness (QED) is 0.664. The number of thioether (sulfide) groups is 1. The molecule has 1 fully saturated rings. The second-order valence-corrected chi connectivity index (χ2v) is 8.04. The van der Waals surface area contributed by atoms with E-state index in [9.17, 15) is 20.1 Å². The monoisotopic (exact) mass is 434 g/mol. The zero-order chi connectivity index (χ0) is 22.4. The van der Waals surface area contributed by atoms with E-state index >= 15 is 0 Å². The van der Waals surface area contributed by atoms with Gasteiger partial charge in [0.2, 0.25) is 11.8 Å². The van der Waals surface area contributed by atoms with Crippen molar-refractivity contribution in [1.82, 2.24) is 10.3 Å². The van der Waals surface area contributed by atoms with Gasteiger partial charge in [0.25, 0.3) is 0 Å². The summed E-state index contributed by atoms with van der Waals surface area (Å²) in [6.45, 7) is 3.20.